The fourth-order valence-electron chi connectivity index (χ4n) is 5.02. The summed E-state index contributed by atoms with van der Waals surface area (Å²) < 4.78 is 38.1. The molecule has 2 saturated heterocycles. The molecular weight excluding hydrogens is 583 g/mol. The standard InChI is InChI=1S/C21H27N10O10P/c22-15-13-16(25-5-24-15)30(6-26-13)19-9(33)1-8(39-19)4-38-42(36,37)41-12-2-11(10(34)3-32)40-20(12)31-7-27-14-17(31)28-21(23)29-18(14)35/h5-12,19-20,32-34H,1-4H2,(H,36,37)(H2,22,24,25)(H3,23,28,29,35)/t8-,9-,10?,11?,12-,19?,20?/m0/s1. The maximum absolute atomic E-state index is 13.0. The number of nitrogens with zero attached hydrogens (tertiary/aromatic N) is 7. The van der Waals surface area contributed by atoms with Crippen LogP contribution in [0, 0.1) is 0 Å². The van der Waals surface area contributed by atoms with Gasteiger partial charge in [-0.2, -0.15) is 4.98 Å². The monoisotopic (exact) mass is 610 g/mol. The third-order valence-electron chi connectivity index (χ3n) is 6.96. The lowest BCUT2D eigenvalue weighted by Gasteiger charge is -2.23. The van der Waals surface area contributed by atoms with Gasteiger partial charge in [-0.15, -0.1) is 0 Å². The minimum atomic E-state index is -4.81. The Labute approximate surface area is 234 Å². The lowest BCUT2D eigenvalue weighted by molar-refractivity contribution is -0.0858. The van der Waals surface area contributed by atoms with Crippen LogP contribution in [-0.2, 0) is 23.1 Å². The molecule has 0 spiro atoms. The number of phosphoric ester groups is 1. The van der Waals surface area contributed by atoms with E-state index in [9.17, 15) is 29.6 Å². The molecule has 0 aliphatic carbocycles. The zero-order valence-corrected chi connectivity index (χ0v) is 22.5. The number of rotatable bonds is 9. The fourth-order valence-corrected chi connectivity index (χ4v) is 5.97. The molecule has 226 valence electrons. The molecule has 8 atom stereocenters. The number of hydrogen-bond acceptors (Lipinski definition) is 16. The molecule has 4 aromatic rings. The molecular formula is C21H27N10O10P. The Kier molecular flexibility index (Phi) is 7.41. The van der Waals surface area contributed by atoms with Crippen molar-refractivity contribution in [3.05, 3.63) is 29.3 Å². The van der Waals surface area contributed by atoms with E-state index in [2.05, 4.69) is 29.9 Å². The van der Waals surface area contributed by atoms with Crippen LogP contribution < -0.4 is 17.0 Å². The fraction of sp³-hybridized carbons (Fsp3) is 0.524. The summed E-state index contributed by atoms with van der Waals surface area (Å²) in [5, 5.41) is 30.2. The average Bonchev–Trinajstić information content (AvgIpc) is 3.72. The Morgan fingerprint density at radius 1 is 1.10 bits per heavy atom. The number of aromatic nitrogens is 8. The molecule has 0 aromatic carbocycles. The second-order valence-electron chi connectivity index (χ2n) is 9.77. The minimum Gasteiger partial charge on any atom is -0.394 e. The zero-order chi connectivity index (χ0) is 29.8. The maximum Gasteiger partial charge on any atom is 0.472 e. The number of phosphoric acid groups is 1. The number of aliphatic hydroxyl groups is 3. The molecule has 4 aromatic heterocycles. The van der Waals surface area contributed by atoms with Crippen LogP contribution in [0.25, 0.3) is 22.3 Å². The number of anilines is 2. The van der Waals surface area contributed by atoms with E-state index in [1.807, 2.05) is 0 Å². The van der Waals surface area contributed by atoms with Gasteiger partial charge in [0.25, 0.3) is 5.56 Å². The first-order chi connectivity index (χ1) is 20.0. The van der Waals surface area contributed by atoms with Crippen LogP contribution in [0.1, 0.15) is 25.3 Å². The molecule has 6 heterocycles. The maximum atomic E-state index is 13.0. The van der Waals surface area contributed by atoms with Gasteiger partial charge >= 0.3 is 7.82 Å². The Balaban J connectivity index is 1.16. The highest BCUT2D eigenvalue weighted by molar-refractivity contribution is 7.47. The lowest BCUT2D eigenvalue weighted by Crippen LogP contribution is -2.29. The van der Waals surface area contributed by atoms with Gasteiger partial charge < -0.3 is 41.2 Å². The van der Waals surface area contributed by atoms with E-state index < -0.39 is 69.6 Å². The molecule has 42 heavy (non-hydrogen) atoms. The summed E-state index contributed by atoms with van der Waals surface area (Å²) >= 11 is 0. The molecule has 0 amide bonds. The first-order valence-electron chi connectivity index (χ1n) is 12.6. The van der Waals surface area contributed by atoms with Crippen LogP contribution in [0.15, 0.2) is 23.8 Å². The molecule has 6 rings (SSSR count). The van der Waals surface area contributed by atoms with Crippen LogP contribution in [0.5, 0.6) is 0 Å². The number of fused-ring (bicyclic) bond motifs is 2. The summed E-state index contributed by atoms with van der Waals surface area (Å²) in [5.74, 6) is -0.0494. The third-order valence-corrected chi connectivity index (χ3v) is 7.97. The quantitative estimate of drug-likeness (QED) is 0.1000. The summed E-state index contributed by atoms with van der Waals surface area (Å²) in [7, 11) is -4.81. The molecule has 0 bridgehead atoms. The van der Waals surface area contributed by atoms with Crippen LogP contribution in [0.4, 0.5) is 11.8 Å². The summed E-state index contributed by atoms with van der Waals surface area (Å²) in [5.41, 5.74) is 11.5. The van der Waals surface area contributed by atoms with Crippen molar-refractivity contribution in [2.75, 3.05) is 24.7 Å². The summed E-state index contributed by atoms with van der Waals surface area (Å²) in [6.45, 7) is -1.09. The Morgan fingerprint density at radius 3 is 2.60 bits per heavy atom. The predicted molar refractivity (Wildman–Crippen MR) is 139 cm³/mol. The van der Waals surface area contributed by atoms with Crippen LogP contribution >= 0.6 is 7.82 Å². The van der Waals surface area contributed by atoms with Gasteiger partial charge in [-0.1, -0.05) is 0 Å². The van der Waals surface area contributed by atoms with E-state index in [1.165, 1.54) is 28.1 Å². The SMILES string of the molecule is Nc1nc2c(ncn2C2OC(C(O)CO)C[C@@H]2OP(=O)(O)OC[C@@H]2C[C@H](O)C(n3cnc4c(N)ncnc43)O2)c(=O)[nH]1. The summed E-state index contributed by atoms with van der Waals surface area (Å²) in [6.07, 6.45) is -3.82. The lowest BCUT2D eigenvalue weighted by atomic mass is 10.1. The predicted octanol–water partition coefficient (Wildman–Crippen LogP) is -2.08. The molecule has 2 fully saturated rings. The number of ether oxygens (including phenoxy) is 2. The van der Waals surface area contributed by atoms with Gasteiger partial charge in [0.15, 0.2) is 35.1 Å². The van der Waals surface area contributed by atoms with E-state index in [4.69, 9.17) is 30.0 Å². The number of hydrogen-bond donors (Lipinski definition) is 7. The van der Waals surface area contributed by atoms with Gasteiger partial charge in [-0.25, -0.2) is 24.5 Å². The summed E-state index contributed by atoms with van der Waals surface area (Å²) in [6, 6.07) is 0. The van der Waals surface area contributed by atoms with Crippen molar-refractivity contribution in [1.29, 1.82) is 0 Å². The molecule has 9 N–H and O–H groups in total. The number of imidazole rings is 2. The number of nitrogen functional groups attached to an aromatic ring is 2. The van der Waals surface area contributed by atoms with Crippen molar-refractivity contribution in [3.63, 3.8) is 0 Å². The number of H-pyrrole nitrogens is 1. The van der Waals surface area contributed by atoms with Gasteiger partial charge in [0.2, 0.25) is 5.95 Å². The second-order valence-corrected chi connectivity index (χ2v) is 11.2. The Morgan fingerprint density at radius 2 is 1.83 bits per heavy atom. The number of aliphatic hydroxyl groups excluding tert-OH is 3. The molecule has 5 unspecified atom stereocenters. The first kappa shape index (κ1) is 28.5. The van der Waals surface area contributed by atoms with Gasteiger partial charge in [0.05, 0.1) is 38.1 Å². The highest BCUT2D eigenvalue weighted by Crippen LogP contribution is 2.50. The summed E-state index contributed by atoms with van der Waals surface area (Å²) in [4.78, 5) is 45.3. The topological polar surface area (TPSA) is 294 Å². The van der Waals surface area contributed by atoms with E-state index in [1.54, 1.807) is 0 Å². The van der Waals surface area contributed by atoms with Crippen LogP contribution in [0.3, 0.4) is 0 Å². The van der Waals surface area contributed by atoms with Crippen molar-refractivity contribution in [3.8, 4) is 0 Å². The van der Waals surface area contributed by atoms with Gasteiger partial charge in [-0.3, -0.25) is 28.0 Å². The minimum absolute atomic E-state index is 0.00103. The normalized spacial score (nSPS) is 28.5. The second kappa shape index (κ2) is 10.9. The molecule has 20 nitrogen and oxygen atoms in total. The Bertz CT molecular complexity index is 1710. The Hall–Kier alpha value is -3.59. The highest BCUT2D eigenvalue weighted by Gasteiger charge is 2.45. The zero-order valence-electron chi connectivity index (χ0n) is 21.6. The average molecular weight is 610 g/mol. The van der Waals surface area contributed by atoms with Crippen molar-refractivity contribution in [2.45, 2.75) is 55.8 Å². The van der Waals surface area contributed by atoms with Crippen LogP contribution in [0.2, 0.25) is 0 Å². The first-order valence-corrected chi connectivity index (χ1v) is 14.1. The molecule has 0 radical (unpaired) electrons. The molecule has 2 aliphatic heterocycles. The van der Waals surface area contributed by atoms with Gasteiger partial charge in [-0.05, 0) is 0 Å². The van der Waals surface area contributed by atoms with Crippen molar-refractivity contribution in [1.82, 2.24) is 39.0 Å². The van der Waals surface area contributed by atoms with E-state index >= 15 is 0 Å². The van der Waals surface area contributed by atoms with Gasteiger partial charge in [0, 0.05) is 12.8 Å². The van der Waals surface area contributed by atoms with Crippen LogP contribution in [-0.4, -0.2) is 103 Å². The van der Waals surface area contributed by atoms with Crippen molar-refractivity contribution >= 4 is 41.9 Å². The number of aromatic amines is 1. The molecule has 0 saturated carbocycles. The van der Waals surface area contributed by atoms with E-state index in [-0.39, 0.29) is 35.8 Å². The largest absolute Gasteiger partial charge is 0.472 e. The van der Waals surface area contributed by atoms with Crippen molar-refractivity contribution < 1.29 is 43.3 Å². The van der Waals surface area contributed by atoms with E-state index in [0.29, 0.717) is 11.2 Å². The molecule has 21 heteroatoms. The molecule has 2 aliphatic rings. The number of nitrogens with two attached hydrogens (primary N) is 2. The smallest absolute Gasteiger partial charge is 0.394 e. The third kappa shape index (κ3) is 5.23. The van der Waals surface area contributed by atoms with E-state index in [0.717, 1.165) is 0 Å². The van der Waals surface area contributed by atoms with Gasteiger partial charge in [0.1, 0.15) is 30.2 Å². The number of nitrogens with one attached hydrogen (secondary N) is 1. The van der Waals surface area contributed by atoms with Crippen molar-refractivity contribution in [2.24, 2.45) is 0 Å². The highest BCUT2D eigenvalue weighted by atomic mass is 31.2.